The van der Waals surface area contributed by atoms with Crippen molar-refractivity contribution in [3.8, 4) is 0 Å². The van der Waals surface area contributed by atoms with Crippen LogP contribution in [0.2, 0.25) is 0 Å². The summed E-state index contributed by atoms with van der Waals surface area (Å²) >= 11 is 0.898. The van der Waals surface area contributed by atoms with Crippen molar-refractivity contribution >= 4 is 11.3 Å². The van der Waals surface area contributed by atoms with E-state index in [4.69, 9.17) is 5.11 Å². The normalized spacial score (nSPS) is 12.0. The second-order valence-electron chi connectivity index (χ2n) is 2.11. The quantitative estimate of drug-likeness (QED) is 0.746. The molecular weight excluding hydrogens is 172 g/mol. The van der Waals surface area contributed by atoms with E-state index in [9.17, 15) is 8.78 Å². The van der Waals surface area contributed by atoms with Gasteiger partial charge in [-0.15, -0.1) is 11.3 Å². The molecule has 0 aromatic carbocycles. The molecular formula is C6H7F2NOS. The van der Waals surface area contributed by atoms with Gasteiger partial charge in [-0.25, -0.2) is 4.98 Å². The van der Waals surface area contributed by atoms with E-state index in [0.717, 1.165) is 17.5 Å². The van der Waals surface area contributed by atoms with Crippen LogP contribution in [0.3, 0.4) is 0 Å². The van der Waals surface area contributed by atoms with Crippen LogP contribution in [0.15, 0.2) is 6.20 Å². The summed E-state index contributed by atoms with van der Waals surface area (Å²) in [6, 6.07) is 0. The van der Waals surface area contributed by atoms with E-state index < -0.39 is 12.5 Å². The zero-order valence-electron chi connectivity index (χ0n) is 5.84. The van der Waals surface area contributed by atoms with Crippen molar-refractivity contribution in [2.24, 2.45) is 0 Å². The summed E-state index contributed by atoms with van der Waals surface area (Å²) in [7, 11) is 0. The molecule has 1 aromatic heterocycles. The first kappa shape index (κ1) is 8.55. The Morgan fingerprint density at radius 3 is 2.73 bits per heavy atom. The average molecular weight is 179 g/mol. The Kier molecular flexibility index (Phi) is 2.20. The minimum absolute atomic E-state index is 0.183. The van der Waals surface area contributed by atoms with Crippen LogP contribution in [0.25, 0.3) is 0 Å². The molecule has 1 heterocycles. The summed E-state index contributed by atoms with van der Waals surface area (Å²) in [5.74, 6) is -3.13. The number of aromatic nitrogens is 1. The third-order valence-corrected chi connectivity index (χ3v) is 2.21. The van der Waals surface area contributed by atoms with Gasteiger partial charge in [0.25, 0.3) is 0 Å². The number of halogens is 2. The number of hydrogen-bond donors (Lipinski definition) is 1. The Bertz CT molecular complexity index is 248. The fourth-order valence-corrected chi connectivity index (χ4v) is 1.35. The number of thiazole rings is 1. The molecule has 0 radical (unpaired) electrons. The highest BCUT2D eigenvalue weighted by atomic mass is 32.1. The molecule has 0 saturated heterocycles. The zero-order valence-corrected chi connectivity index (χ0v) is 6.66. The SMILES string of the molecule is Cc1ncc(C(F)(F)CO)s1. The summed E-state index contributed by atoms with van der Waals surface area (Å²) in [5.41, 5.74) is 0. The Labute approximate surface area is 66.5 Å². The third kappa shape index (κ3) is 1.72. The van der Waals surface area contributed by atoms with E-state index >= 15 is 0 Å². The van der Waals surface area contributed by atoms with Crippen LogP contribution in [0, 0.1) is 6.92 Å². The van der Waals surface area contributed by atoms with E-state index in [1.807, 2.05) is 0 Å². The van der Waals surface area contributed by atoms with E-state index in [-0.39, 0.29) is 4.88 Å². The topological polar surface area (TPSA) is 33.1 Å². The fourth-order valence-electron chi connectivity index (χ4n) is 0.608. The van der Waals surface area contributed by atoms with Gasteiger partial charge in [0, 0.05) is 6.20 Å². The molecule has 11 heavy (non-hydrogen) atoms. The molecule has 0 spiro atoms. The van der Waals surface area contributed by atoms with Crippen molar-refractivity contribution in [3.05, 3.63) is 16.1 Å². The molecule has 1 rings (SSSR count). The molecule has 1 aromatic rings. The molecule has 0 fully saturated rings. The number of alkyl halides is 2. The molecule has 0 unspecified atom stereocenters. The minimum Gasteiger partial charge on any atom is -0.390 e. The van der Waals surface area contributed by atoms with Crippen molar-refractivity contribution < 1.29 is 13.9 Å². The van der Waals surface area contributed by atoms with Gasteiger partial charge in [0.05, 0.1) is 9.88 Å². The summed E-state index contributed by atoms with van der Waals surface area (Å²) < 4.78 is 25.2. The first-order valence-electron chi connectivity index (χ1n) is 2.98. The van der Waals surface area contributed by atoms with Gasteiger partial charge in [0.1, 0.15) is 6.61 Å². The number of nitrogens with zero attached hydrogens (tertiary/aromatic N) is 1. The molecule has 0 aliphatic rings. The van der Waals surface area contributed by atoms with Crippen molar-refractivity contribution in [3.63, 3.8) is 0 Å². The zero-order chi connectivity index (χ0) is 8.48. The van der Waals surface area contributed by atoms with Crippen LogP contribution in [0.1, 0.15) is 9.88 Å². The Hall–Kier alpha value is -0.550. The highest BCUT2D eigenvalue weighted by molar-refractivity contribution is 7.11. The van der Waals surface area contributed by atoms with Gasteiger partial charge >= 0.3 is 5.92 Å². The largest absolute Gasteiger partial charge is 0.390 e. The summed E-state index contributed by atoms with van der Waals surface area (Å²) in [6.45, 7) is 0.482. The molecule has 0 atom stereocenters. The summed E-state index contributed by atoms with van der Waals surface area (Å²) in [5, 5.41) is 8.86. The van der Waals surface area contributed by atoms with Gasteiger partial charge in [-0.1, -0.05) is 0 Å². The van der Waals surface area contributed by atoms with E-state index in [1.54, 1.807) is 6.92 Å². The van der Waals surface area contributed by atoms with E-state index in [2.05, 4.69) is 4.98 Å². The number of aliphatic hydroxyl groups is 1. The second kappa shape index (κ2) is 2.83. The standard InChI is InChI=1S/C6H7F2NOS/c1-4-9-2-5(11-4)6(7,8)3-10/h2,10H,3H2,1H3. The molecule has 0 saturated carbocycles. The van der Waals surface area contributed by atoms with Gasteiger partial charge < -0.3 is 5.11 Å². The molecule has 0 amide bonds. The van der Waals surface area contributed by atoms with Gasteiger partial charge in [-0.2, -0.15) is 8.78 Å². The second-order valence-corrected chi connectivity index (χ2v) is 3.34. The first-order chi connectivity index (χ1) is 5.06. The van der Waals surface area contributed by atoms with Crippen LogP contribution in [0.4, 0.5) is 8.78 Å². The van der Waals surface area contributed by atoms with Gasteiger partial charge in [0.2, 0.25) is 0 Å². The highest BCUT2D eigenvalue weighted by Crippen LogP contribution is 2.31. The Morgan fingerprint density at radius 2 is 2.36 bits per heavy atom. The predicted molar refractivity (Wildman–Crippen MR) is 37.8 cm³/mol. The number of aliphatic hydroxyl groups excluding tert-OH is 1. The van der Waals surface area contributed by atoms with E-state index in [0.29, 0.717) is 5.01 Å². The molecule has 1 N–H and O–H groups in total. The fraction of sp³-hybridized carbons (Fsp3) is 0.500. The maximum atomic E-state index is 12.6. The number of aryl methyl sites for hydroxylation is 1. The van der Waals surface area contributed by atoms with Crippen LogP contribution < -0.4 is 0 Å². The van der Waals surface area contributed by atoms with E-state index in [1.165, 1.54) is 0 Å². The monoisotopic (exact) mass is 179 g/mol. The minimum atomic E-state index is -3.13. The lowest BCUT2D eigenvalue weighted by Crippen LogP contribution is -2.16. The molecule has 0 aliphatic carbocycles. The van der Waals surface area contributed by atoms with Crippen LogP contribution in [0.5, 0.6) is 0 Å². The van der Waals surface area contributed by atoms with Gasteiger partial charge in [-0.05, 0) is 6.92 Å². The molecule has 62 valence electrons. The van der Waals surface area contributed by atoms with Gasteiger partial charge in [-0.3, -0.25) is 0 Å². The number of rotatable bonds is 2. The highest BCUT2D eigenvalue weighted by Gasteiger charge is 2.32. The Morgan fingerprint density at radius 1 is 1.73 bits per heavy atom. The number of hydrogen-bond acceptors (Lipinski definition) is 3. The molecule has 2 nitrogen and oxygen atoms in total. The lowest BCUT2D eigenvalue weighted by atomic mass is 10.3. The van der Waals surface area contributed by atoms with Crippen LogP contribution in [-0.2, 0) is 5.92 Å². The smallest absolute Gasteiger partial charge is 0.306 e. The molecule has 0 bridgehead atoms. The maximum Gasteiger partial charge on any atom is 0.306 e. The van der Waals surface area contributed by atoms with Crippen molar-refractivity contribution in [2.75, 3.05) is 6.61 Å². The lowest BCUT2D eigenvalue weighted by molar-refractivity contribution is -0.0525. The Balaban J connectivity index is 2.92. The van der Waals surface area contributed by atoms with Crippen molar-refractivity contribution in [1.82, 2.24) is 4.98 Å². The van der Waals surface area contributed by atoms with Crippen LogP contribution in [-0.4, -0.2) is 16.7 Å². The van der Waals surface area contributed by atoms with Crippen molar-refractivity contribution in [2.45, 2.75) is 12.8 Å². The average Bonchev–Trinajstić information content (AvgIpc) is 2.36. The predicted octanol–water partition coefficient (Wildman–Crippen LogP) is 1.54. The third-order valence-electron chi connectivity index (χ3n) is 1.18. The first-order valence-corrected chi connectivity index (χ1v) is 3.79. The molecule has 5 heteroatoms. The van der Waals surface area contributed by atoms with Crippen molar-refractivity contribution in [1.29, 1.82) is 0 Å². The maximum absolute atomic E-state index is 12.6. The van der Waals surface area contributed by atoms with Crippen LogP contribution >= 0.6 is 11.3 Å². The van der Waals surface area contributed by atoms with Gasteiger partial charge in [0.15, 0.2) is 0 Å². The summed E-state index contributed by atoms with van der Waals surface area (Å²) in [4.78, 5) is 3.48. The lowest BCUT2D eigenvalue weighted by Gasteiger charge is -2.08. The molecule has 0 aliphatic heterocycles. The summed E-state index contributed by atoms with van der Waals surface area (Å²) in [6.07, 6.45) is 1.09.